The lowest BCUT2D eigenvalue weighted by Crippen LogP contribution is -2.12. The zero-order valence-electron chi connectivity index (χ0n) is 8.69. The summed E-state index contributed by atoms with van der Waals surface area (Å²) in [6.07, 6.45) is 2.22. The van der Waals surface area contributed by atoms with Gasteiger partial charge < -0.3 is 4.90 Å². The Balaban J connectivity index is 2.86. The minimum atomic E-state index is 0.715. The molecular weight excluding hydrogens is 176 g/mol. The molecule has 0 aliphatic heterocycles. The smallest absolute Gasteiger partial charge is 0.214 e. The standard InChI is InChI=1S/C11H14N2O/c1-9-4-5-11(10(2)6-9)12-7-13(3)8-14/h4-8H,1-3H3. The van der Waals surface area contributed by atoms with Gasteiger partial charge in [-0.1, -0.05) is 17.7 Å². The first kappa shape index (κ1) is 10.4. The monoisotopic (exact) mass is 190 g/mol. The van der Waals surface area contributed by atoms with E-state index >= 15 is 0 Å². The molecule has 3 heteroatoms. The summed E-state index contributed by atoms with van der Waals surface area (Å²) in [4.78, 5) is 15.9. The van der Waals surface area contributed by atoms with E-state index in [2.05, 4.69) is 11.1 Å². The van der Waals surface area contributed by atoms with Gasteiger partial charge in [0, 0.05) is 7.05 Å². The number of hydrogen-bond donors (Lipinski definition) is 0. The SMILES string of the molecule is Cc1ccc(N=CN(C)C=O)c(C)c1. The Morgan fingerprint density at radius 1 is 1.36 bits per heavy atom. The molecule has 0 aliphatic carbocycles. The molecule has 1 amide bonds. The molecule has 0 atom stereocenters. The van der Waals surface area contributed by atoms with Gasteiger partial charge in [-0.05, 0) is 25.5 Å². The number of amides is 1. The second-order valence-electron chi connectivity index (χ2n) is 3.31. The van der Waals surface area contributed by atoms with Crippen molar-refractivity contribution in [2.45, 2.75) is 13.8 Å². The van der Waals surface area contributed by atoms with Gasteiger partial charge in [-0.3, -0.25) is 4.79 Å². The molecule has 0 aromatic heterocycles. The summed E-state index contributed by atoms with van der Waals surface area (Å²) in [7, 11) is 1.65. The van der Waals surface area contributed by atoms with Gasteiger partial charge in [0.15, 0.2) is 0 Å². The first-order valence-electron chi connectivity index (χ1n) is 4.42. The van der Waals surface area contributed by atoms with E-state index in [1.807, 2.05) is 26.0 Å². The molecule has 0 unspecified atom stereocenters. The average molecular weight is 190 g/mol. The first-order valence-corrected chi connectivity index (χ1v) is 4.42. The van der Waals surface area contributed by atoms with Crippen molar-refractivity contribution in [3.05, 3.63) is 29.3 Å². The first-order chi connectivity index (χ1) is 6.63. The summed E-state index contributed by atoms with van der Waals surface area (Å²) < 4.78 is 0. The fourth-order valence-electron chi connectivity index (χ4n) is 1.13. The van der Waals surface area contributed by atoms with Crippen molar-refractivity contribution in [1.29, 1.82) is 0 Å². The molecule has 1 aromatic rings. The number of aryl methyl sites for hydroxylation is 2. The van der Waals surface area contributed by atoms with Crippen molar-refractivity contribution in [3.63, 3.8) is 0 Å². The van der Waals surface area contributed by atoms with E-state index in [-0.39, 0.29) is 0 Å². The maximum Gasteiger partial charge on any atom is 0.214 e. The number of benzene rings is 1. The average Bonchev–Trinajstić information content (AvgIpc) is 2.16. The molecule has 0 fully saturated rings. The Morgan fingerprint density at radius 2 is 2.07 bits per heavy atom. The highest BCUT2D eigenvalue weighted by molar-refractivity contribution is 5.74. The molecule has 0 N–H and O–H groups in total. The predicted octanol–water partition coefficient (Wildman–Crippen LogP) is 2.05. The topological polar surface area (TPSA) is 32.7 Å². The van der Waals surface area contributed by atoms with E-state index in [0.29, 0.717) is 6.41 Å². The third-order valence-electron chi connectivity index (χ3n) is 1.90. The van der Waals surface area contributed by atoms with Crippen molar-refractivity contribution in [1.82, 2.24) is 4.90 Å². The molecule has 14 heavy (non-hydrogen) atoms. The van der Waals surface area contributed by atoms with Crippen LogP contribution in [0.15, 0.2) is 23.2 Å². The molecule has 0 saturated heterocycles. The van der Waals surface area contributed by atoms with Crippen LogP contribution in [0.1, 0.15) is 11.1 Å². The van der Waals surface area contributed by atoms with Gasteiger partial charge in [-0.2, -0.15) is 0 Å². The van der Waals surface area contributed by atoms with Gasteiger partial charge in [-0.25, -0.2) is 4.99 Å². The summed E-state index contributed by atoms with van der Waals surface area (Å²) in [6.45, 7) is 4.04. The molecule has 1 aromatic carbocycles. The largest absolute Gasteiger partial charge is 0.309 e. The minimum Gasteiger partial charge on any atom is -0.309 e. The molecule has 0 bridgehead atoms. The maximum absolute atomic E-state index is 10.3. The molecule has 1 rings (SSSR count). The normalized spacial score (nSPS) is 10.5. The second kappa shape index (κ2) is 4.56. The van der Waals surface area contributed by atoms with Crippen LogP contribution in [-0.2, 0) is 4.79 Å². The zero-order chi connectivity index (χ0) is 10.6. The van der Waals surface area contributed by atoms with Crippen LogP contribution in [0.5, 0.6) is 0 Å². The van der Waals surface area contributed by atoms with E-state index < -0.39 is 0 Å². The van der Waals surface area contributed by atoms with Crippen molar-refractivity contribution >= 4 is 18.4 Å². The molecule has 74 valence electrons. The fourth-order valence-corrected chi connectivity index (χ4v) is 1.13. The molecule has 0 heterocycles. The third kappa shape index (κ3) is 2.69. The van der Waals surface area contributed by atoms with Gasteiger partial charge in [0.25, 0.3) is 0 Å². The van der Waals surface area contributed by atoms with Crippen molar-refractivity contribution in [2.75, 3.05) is 7.05 Å². The Morgan fingerprint density at radius 3 is 2.64 bits per heavy atom. The maximum atomic E-state index is 10.3. The highest BCUT2D eigenvalue weighted by Crippen LogP contribution is 2.18. The van der Waals surface area contributed by atoms with Crippen LogP contribution in [0.2, 0.25) is 0 Å². The van der Waals surface area contributed by atoms with Gasteiger partial charge in [0.1, 0.15) is 0 Å². The number of carbonyl (C=O) groups is 1. The zero-order valence-corrected chi connectivity index (χ0v) is 8.69. The molecule has 3 nitrogen and oxygen atoms in total. The fraction of sp³-hybridized carbons (Fsp3) is 0.273. The van der Waals surface area contributed by atoms with Crippen LogP contribution >= 0.6 is 0 Å². The lowest BCUT2D eigenvalue weighted by atomic mass is 10.1. The van der Waals surface area contributed by atoms with E-state index in [9.17, 15) is 4.79 Å². The molecule has 0 radical (unpaired) electrons. The molecule has 0 aliphatic rings. The Labute approximate surface area is 84.1 Å². The van der Waals surface area contributed by atoms with Gasteiger partial charge in [-0.15, -0.1) is 0 Å². The summed E-state index contributed by atoms with van der Waals surface area (Å²) in [5, 5.41) is 0. The highest BCUT2D eigenvalue weighted by Gasteiger charge is 1.95. The number of nitrogens with zero attached hydrogens (tertiary/aromatic N) is 2. The van der Waals surface area contributed by atoms with E-state index in [4.69, 9.17) is 0 Å². The van der Waals surface area contributed by atoms with Crippen LogP contribution < -0.4 is 0 Å². The van der Waals surface area contributed by atoms with E-state index in [1.165, 1.54) is 16.8 Å². The number of rotatable bonds is 3. The number of aliphatic imine (C=N–C) groups is 1. The third-order valence-corrected chi connectivity index (χ3v) is 1.90. The Bertz CT molecular complexity index is 358. The van der Waals surface area contributed by atoms with E-state index in [0.717, 1.165) is 11.3 Å². The lowest BCUT2D eigenvalue weighted by molar-refractivity contribution is -0.113. The quantitative estimate of drug-likeness (QED) is 0.408. The second-order valence-corrected chi connectivity index (χ2v) is 3.31. The Kier molecular flexibility index (Phi) is 3.40. The summed E-state index contributed by atoms with van der Waals surface area (Å²) in [5.74, 6) is 0. The number of carbonyl (C=O) groups excluding carboxylic acids is 1. The number of hydrogen-bond acceptors (Lipinski definition) is 2. The van der Waals surface area contributed by atoms with Crippen molar-refractivity contribution < 1.29 is 4.79 Å². The molecular formula is C11H14N2O. The summed E-state index contributed by atoms with van der Waals surface area (Å²) in [6, 6.07) is 6.01. The van der Waals surface area contributed by atoms with Gasteiger partial charge in [0.05, 0.1) is 12.0 Å². The molecule has 0 spiro atoms. The molecule has 0 saturated carbocycles. The van der Waals surface area contributed by atoms with Gasteiger partial charge >= 0.3 is 0 Å². The van der Waals surface area contributed by atoms with Crippen LogP contribution in [-0.4, -0.2) is 24.7 Å². The predicted molar refractivity (Wildman–Crippen MR) is 57.9 cm³/mol. The van der Waals surface area contributed by atoms with Crippen LogP contribution in [0.4, 0.5) is 5.69 Å². The van der Waals surface area contributed by atoms with E-state index in [1.54, 1.807) is 7.05 Å². The van der Waals surface area contributed by atoms with Gasteiger partial charge in [0.2, 0.25) is 6.41 Å². The highest BCUT2D eigenvalue weighted by atomic mass is 16.1. The van der Waals surface area contributed by atoms with Crippen LogP contribution in [0.25, 0.3) is 0 Å². The van der Waals surface area contributed by atoms with Crippen molar-refractivity contribution in [3.8, 4) is 0 Å². The van der Waals surface area contributed by atoms with Crippen LogP contribution in [0, 0.1) is 13.8 Å². The van der Waals surface area contributed by atoms with Crippen LogP contribution in [0.3, 0.4) is 0 Å². The minimum absolute atomic E-state index is 0.715. The summed E-state index contributed by atoms with van der Waals surface area (Å²) in [5.41, 5.74) is 3.22. The lowest BCUT2D eigenvalue weighted by Gasteiger charge is -2.03. The summed E-state index contributed by atoms with van der Waals surface area (Å²) >= 11 is 0. The van der Waals surface area contributed by atoms with Crippen molar-refractivity contribution in [2.24, 2.45) is 4.99 Å². The Hall–Kier alpha value is -1.64.